The summed E-state index contributed by atoms with van der Waals surface area (Å²) >= 11 is 0. The predicted octanol–water partition coefficient (Wildman–Crippen LogP) is 4.24. The van der Waals surface area contributed by atoms with Crippen molar-refractivity contribution in [2.75, 3.05) is 18.4 Å². The van der Waals surface area contributed by atoms with Crippen molar-refractivity contribution in [2.45, 2.75) is 18.8 Å². The van der Waals surface area contributed by atoms with E-state index < -0.39 is 5.82 Å². The monoisotopic (exact) mass is 298 g/mol. The van der Waals surface area contributed by atoms with Gasteiger partial charge < -0.3 is 10.2 Å². The van der Waals surface area contributed by atoms with Crippen molar-refractivity contribution in [1.82, 2.24) is 4.90 Å². The molecule has 4 heteroatoms. The highest BCUT2D eigenvalue weighted by atomic mass is 19.1. The molecule has 0 saturated carbocycles. The molecule has 1 heterocycles. The van der Waals surface area contributed by atoms with Gasteiger partial charge in [-0.25, -0.2) is 9.18 Å². The number of amides is 2. The van der Waals surface area contributed by atoms with Gasteiger partial charge in [0.2, 0.25) is 0 Å². The number of anilines is 1. The first-order valence-corrected chi connectivity index (χ1v) is 7.59. The van der Waals surface area contributed by atoms with Crippen molar-refractivity contribution >= 4 is 11.7 Å². The zero-order valence-corrected chi connectivity index (χ0v) is 12.3. The fourth-order valence-corrected chi connectivity index (χ4v) is 2.90. The summed E-state index contributed by atoms with van der Waals surface area (Å²) in [6, 6.07) is 16.4. The summed E-state index contributed by atoms with van der Waals surface area (Å²) in [5.41, 5.74) is 1.56. The van der Waals surface area contributed by atoms with Gasteiger partial charge in [0.15, 0.2) is 0 Å². The topological polar surface area (TPSA) is 32.3 Å². The quantitative estimate of drug-likeness (QED) is 0.883. The lowest BCUT2D eigenvalue weighted by Gasteiger charge is -2.32. The molecule has 0 atom stereocenters. The number of rotatable bonds is 2. The van der Waals surface area contributed by atoms with Crippen LogP contribution in [0.4, 0.5) is 14.9 Å². The Labute approximate surface area is 129 Å². The number of halogens is 1. The van der Waals surface area contributed by atoms with Gasteiger partial charge in [0.25, 0.3) is 0 Å². The number of para-hydroxylation sites is 1. The molecule has 1 N–H and O–H groups in total. The highest BCUT2D eigenvalue weighted by Gasteiger charge is 2.24. The minimum absolute atomic E-state index is 0.225. The number of nitrogens with one attached hydrogen (secondary N) is 1. The van der Waals surface area contributed by atoms with Crippen molar-refractivity contribution in [3.8, 4) is 0 Å². The lowest BCUT2D eigenvalue weighted by Crippen LogP contribution is -2.40. The number of hydrogen-bond acceptors (Lipinski definition) is 1. The second-order valence-electron chi connectivity index (χ2n) is 5.58. The van der Waals surface area contributed by atoms with Crippen molar-refractivity contribution in [1.29, 1.82) is 0 Å². The van der Waals surface area contributed by atoms with Crippen LogP contribution in [0.15, 0.2) is 54.6 Å². The normalized spacial score (nSPS) is 15.6. The summed E-state index contributed by atoms with van der Waals surface area (Å²) in [4.78, 5) is 14.0. The van der Waals surface area contributed by atoms with Gasteiger partial charge in [0, 0.05) is 13.1 Å². The van der Waals surface area contributed by atoms with Gasteiger partial charge in [-0.2, -0.15) is 0 Å². The van der Waals surface area contributed by atoms with Crippen LogP contribution in [0.3, 0.4) is 0 Å². The van der Waals surface area contributed by atoms with Crippen LogP contribution in [-0.4, -0.2) is 24.0 Å². The Morgan fingerprint density at radius 3 is 2.32 bits per heavy atom. The minimum atomic E-state index is -0.407. The number of carbonyl (C=O) groups excluding carboxylic acids is 1. The van der Waals surface area contributed by atoms with E-state index in [1.807, 2.05) is 18.2 Å². The van der Waals surface area contributed by atoms with Gasteiger partial charge in [-0.3, -0.25) is 0 Å². The number of carbonyl (C=O) groups is 1. The van der Waals surface area contributed by atoms with E-state index in [1.54, 1.807) is 23.1 Å². The van der Waals surface area contributed by atoms with Gasteiger partial charge in [-0.05, 0) is 36.5 Å². The fraction of sp³-hybridized carbons (Fsp3) is 0.278. The Morgan fingerprint density at radius 2 is 1.64 bits per heavy atom. The molecule has 3 rings (SSSR count). The van der Waals surface area contributed by atoms with E-state index in [-0.39, 0.29) is 11.7 Å². The van der Waals surface area contributed by atoms with Crippen LogP contribution in [-0.2, 0) is 0 Å². The Bertz CT molecular complexity index is 637. The van der Waals surface area contributed by atoms with Crippen LogP contribution >= 0.6 is 0 Å². The lowest BCUT2D eigenvalue weighted by molar-refractivity contribution is 0.194. The van der Waals surface area contributed by atoms with Crippen molar-refractivity contribution < 1.29 is 9.18 Å². The first-order valence-electron chi connectivity index (χ1n) is 7.59. The van der Waals surface area contributed by atoms with E-state index in [0.717, 1.165) is 12.8 Å². The molecule has 114 valence electrons. The summed E-state index contributed by atoms with van der Waals surface area (Å²) in [6.45, 7) is 1.39. The average molecular weight is 298 g/mol. The fourth-order valence-electron chi connectivity index (χ4n) is 2.90. The smallest absolute Gasteiger partial charge is 0.321 e. The van der Waals surface area contributed by atoms with E-state index in [9.17, 15) is 9.18 Å². The van der Waals surface area contributed by atoms with Crippen LogP contribution < -0.4 is 5.32 Å². The molecule has 3 nitrogen and oxygen atoms in total. The number of piperidine rings is 1. The summed E-state index contributed by atoms with van der Waals surface area (Å²) in [7, 11) is 0. The maximum absolute atomic E-state index is 13.6. The van der Waals surface area contributed by atoms with Crippen LogP contribution in [0.25, 0.3) is 0 Å². The highest BCUT2D eigenvalue weighted by molar-refractivity contribution is 5.89. The minimum Gasteiger partial charge on any atom is -0.324 e. The molecule has 0 radical (unpaired) electrons. The molecule has 0 bridgehead atoms. The van der Waals surface area contributed by atoms with E-state index in [0.29, 0.717) is 19.0 Å². The summed E-state index contributed by atoms with van der Waals surface area (Å²) < 4.78 is 13.6. The van der Waals surface area contributed by atoms with Gasteiger partial charge in [0.05, 0.1) is 5.69 Å². The Balaban J connectivity index is 1.57. The van der Waals surface area contributed by atoms with Gasteiger partial charge in [-0.1, -0.05) is 42.5 Å². The van der Waals surface area contributed by atoms with E-state index in [1.165, 1.54) is 11.6 Å². The maximum atomic E-state index is 13.6. The molecule has 2 aromatic rings. The molecule has 0 spiro atoms. The van der Waals surface area contributed by atoms with Crippen LogP contribution in [0.2, 0.25) is 0 Å². The number of nitrogens with zero attached hydrogens (tertiary/aromatic N) is 1. The number of urea groups is 1. The second kappa shape index (κ2) is 6.60. The molecule has 1 saturated heterocycles. The first-order chi connectivity index (χ1) is 10.7. The number of benzene rings is 2. The standard InChI is InChI=1S/C18H19FN2O/c19-16-8-4-5-9-17(16)20-18(22)21-12-10-15(11-13-21)14-6-2-1-3-7-14/h1-9,15H,10-13H2,(H,20,22). The SMILES string of the molecule is O=C(Nc1ccccc1F)N1CCC(c2ccccc2)CC1. The van der Waals surface area contributed by atoms with Crippen LogP contribution in [0, 0.1) is 5.82 Å². The Morgan fingerprint density at radius 1 is 1.00 bits per heavy atom. The van der Waals surface area contributed by atoms with Gasteiger partial charge >= 0.3 is 6.03 Å². The summed E-state index contributed by atoms with van der Waals surface area (Å²) in [5, 5.41) is 2.65. The summed E-state index contributed by atoms with van der Waals surface area (Å²) in [6.07, 6.45) is 1.88. The molecule has 1 aliphatic heterocycles. The molecule has 0 aromatic heterocycles. The molecule has 1 fully saturated rings. The van der Waals surface area contributed by atoms with E-state index in [4.69, 9.17) is 0 Å². The van der Waals surface area contributed by atoms with Crippen molar-refractivity contribution in [3.05, 3.63) is 66.0 Å². The molecule has 1 aliphatic rings. The molecule has 2 aromatic carbocycles. The van der Waals surface area contributed by atoms with Crippen LogP contribution in [0.5, 0.6) is 0 Å². The second-order valence-corrected chi connectivity index (χ2v) is 5.58. The zero-order chi connectivity index (χ0) is 15.4. The molecule has 0 aliphatic carbocycles. The summed E-state index contributed by atoms with van der Waals surface area (Å²) in [5.74, 6) is 0.0914. The third-order valence-electron chi connectivity index (χ3n) is 4.17. The number of hydrogen-bond donors (Lipinski definition) is 1. The Kier molecular flexibility index (Phi) is 4.37. The third-order valence-corrected chi connectivity index (χ3v) is 4.17. The Hall–Kier alpha value is -2.36. The molecule has 0 unspecified atom stereocenters. The van der Waals surface area contributed by atoms with E-state index in [2.05, 4.69) is 17.4 Å². The maximum Gasteiger partial charge on any atom is 0.321 e. The van der Waals surface area contributed by atoms with Crippen LogP contribution in [0.1, 0.15) is 24.3 Å². The first kappa shape index (κ1) is 14.6. The lowest BCUT2D eigenvalue weighted by atomic mass is 9.90. The van der Waals surface area contributed by atoms with Gasteiger partial charge in [0.1, 0.15) is 5.82 Å². The predicted molar refractivity (Wildman–Crippen MR) is 85.4 cm³/mol. The zero-order valence-electron chi connectivity index (χ0n) is 12.3. The molecular formula is C18H19FN2O. The number of likely N-dealkylation sites (tertiary alicyclic amines) is 1. The average Bonchev–Trinajstić information content (AvgIpc) is 2.58. The van der Waals surface area contributed by atoms with E-state index >= 15 is 0 Å². The molecule has 2 amide bonds. The van der Waals surface area contributed by atoms with Crippen molar-refractivity contribution in [2.24, 2.45) is 0 Å². The third kappa shape index (κ3) is 3.27. The largest absolute Gasteiger partial charge is 0.324 e. The van der Waals surface area contributed by atoms with Crippen molar-refractivity contribution in [3.63, 3.8) is 0 Å². The molecule has 22 heavy (non-hydrogen) atoms. The highest BCUT2D eigenvalue weighted by Crippen LogP contribution is 2.28. The van der Waals surface area contributed by atoms with Gasteiger partial charge in [-0.15, -0.1) is 0 Å². The molecular weight excluding hydrogens is 279 g/mol.